The van der Waals surface area contributed by atoms with Gasteiger partial charge in [-0.05, 0) is 25.0 Å². The molecule has 0 aliphatic rings. The summed E-state index contributed by atoms with van der Waals surface area (Å²) in [5.41, 5.74) is 3.39. The van der Waals surface area contributed by atoms with Gasteiger partial charge in [0.1, 0.15) is 5.56 Å². The van der Waals surface area contributed by atoms with Crippen LogP contribution in [-0.4, -0.2) is 22.4 Å². The van der Waals surface area contributed by atoms with Crippen molar-refractivity contribution in [3.05, 3.63) is 52.8 Å². The van der Waals surface area contributed by atoms with Crippen LogP contribution in [0.25, 0.3) is 0 Å². The zero-order chi connectivity index (χ0) is 14.5. The summed E-state index contributed by atoms with van der Waals surface area (Å²) < 4.78 is 6.74. The number of carbonyl (C=O) groups excluding carboxylic acids is 1. The fraction of sp³-hybridized carbons (Fsp3) is 0.333. The van der Waals surface area contributed by atoms with Gasteiger partial charge in [-0.3, -0.25) is 4.68 Å². The number of aromatic nitrogens is 2. The molecule has 5 heteroatoms. The second kappa shape index (κ2) is 6.57. The molecule has 0 aliphatic carbocycles. The Morgan fingerprint density at radius 2 is 1.95 bits per heavy atom. The minimum atomic E-state index is -0.325. The summed E-state index contributed by atoms with van der Waals surface area (Å²) in [6.07, 6.45) is 1.72. The fourth-order valence-electron chi connectivity index (χ4n) is 1.93. The number of carbonyl (C=O) groups is 1. The van der Waals surface area contributed by atoms with Crippen molar-refractivity contribution in [2.24, 2.45) is 0 Å². The van der Waals surface area contributed by atoms with Gasteiger partial charge in [-0.1, -0.05) is 24.3 Å². The molecule has 0 fully saturated rings. The topological polar surface area (TPSA) is 44.1 Å². The third-order valence-corrected chi connectivity index (χ3v) is 3.27. The van der Waals surface area contributed by atoms with Crippen molar-refractivity contribution in [2.45, 2.75) is 26.3 Å². The summed E-state index contributed by atoms with van der Waals surface area (Å²) in [5, 5.41) is 4.34. The van der Waals surface area contributed by atoms with Gasteiger partial charge in [0.05, 0.1) is 18.8 Å². The lowest BCUT2D eigenvalue weighted by molar-refractivity contribution is 0.0525. The predicted octanol–water partition coefficient (Wildman–Crippen LogP) is 3.16. The number of nitrogens with zero attached hydrogens (tertiary/aromatic N) is 2. The van der Waals surface area contributed by atoms with Crippen LogP contribution in [0.2, 0.25) is 0 Å². The number of benzene rings is 1. The Labute approximate surface area is 123 Å². The molecule has 0 radical (unpaired) electrons. The van der Waals surface area contributed by atoms with Gasteiger partial charge in [0.25, 0.3) is 0 Å². The first-order valence-electron chi connectivity index (χ1n) is 6.49. The van der Waals surface area contributed by atoms with Crippen molar-refractivity contribution >= 4 is 17.6 Å². The van der Waals surface area contributed by atoms with Gasteiger partial charge in [-0.2, -0.15) is 5.10 Å². The zero-order valence-corrected chi connectivity index (χ0v) is 12.4. The molecule has 0 bridgehead atoms. The molecule has 4 nitrogen and oxygen atoms in total. The van der Waals surface area contributed by atoms with Gasteiger partial charge < -0.3 is 4.74 Å². The summed E-state index contributed by atoms with van der Waals surface area (Å²) in [5.74, 6) is 0.183. The van der Waals surface area contributed by atoms with E-state index < -0.39 is 0 Å². The molecule has 1 aromatic carbocycles. The second-order valence-corrected chi connectivity index (χ2v) is 4.76. The average Bonchev–Trinajstić information content (AvgIpc) is 2.81. The van der Waals surface area contributed by atoms with Gasteiger partial charge in [-0.15, -0.1) is 11.6 Å². The first-order valence-corrected chi connectivity index (χ1v) is 7.02. The first kappa shape index (κ1) is 14.6. The number of ether oxygens (including phenoxy) is 1. The molecule has 0 saturated heterocycles. The van der Waals surface area contributed by atoms with Crippen molar-refractivity contribution in [1.29, 1.82) is 0 Å². The van der Waals surface area contributed by atoms with Crippen LogP contribution in [0.1, 0.15) is 34.1 Å². The van der Waals surface area contributed by atoms with Crippen LogP contribution in [0.4, 0.5) is 0 Å². The van der Waals surface area contributed by atoms with E-state index in [0.717, 1.165) is 11.1 Å². The Balaban J connectivity index is 2.13. The van der Waals surface area contributed by atoms with E-state index in [2.05, 4.69) is 5.10 Å². The minimum absolute atomic E-state index is 0.325. The predicted molar refractivity (Wildman–Crippen MR) is 78.0 cm³/mol. The van der Waals surface area contributed by atoms with Crippen LogP contribution in [0.5, 0.6) is 0 Å². The Kier molecular flexibility index (Phi) is 4.79. The van der Waals surface area contributed by atoms with E-state index in [0.29, 0.717) is 30.3 Å². The first-order chi connectivity index (χ1) is 9.63. The number of halogens is 1. The maximum atomic E-state index is 11.7. The Hall–Kier alpha value is -1.81. The van der Waals surface area contributed by atoms with E-state index in [9.17, 15) is 4.79 Å². The van der Waals surface area contributed by atoms with Crippen LogP contribution in [0.15, 0.2) is 30.5 Å². The molecule has 1 aromatic heterocycles. The summed E-state index contributed by atoms with van der Waals surface area (Å²) in [6.45, 7) is 4.57. The lowest BCUT2D eigenvalue weighted by atomic mass is 10.1. The molecule has 2 rings (SSSR count). The number of esters is 1. The summed E-state index contributed by atoms with van der Waals surface area (Å²) in [4.78, 5) is 11.7. The van der Waals surface area contributed by atoms with Crippen molar-refractivity contribution in [2.75, 3.05) is 6.61 Å². The number of hydrogen-bond donors (Lipinski definition) is 0. The van der Waals surface area contributed by atoms with E-state index in [-0.39, 0.29) is 5.97 Å². The number of aryl methyl sites for hydroxylation is 1. The summed E-state index contributed by atoms with van der Waals surface area (Å²) >= 11 is 5.76. The van der Waals surface area contributed by atoms with E-state index in [1.54, 1.807) is 24.7 Å². The molecule has 0 N–H and O–H groups in total. The van der Waals surface area contributed by atoms with E-state index in [1.807, 2.05) is 24.3 Å². The zero-order valence-electron chi connectivity index (χ0n) is 11.6. The van der Waals surface area contributed by atoms with Crippen molar-refractivity contribution in [3.8, 4) is 0 Å². The SMILES string of the molecule is CCOC(=O)c1cn(Cc2ccc(CCl)cc2)nc1C. The molecule has 0 unspecified atom stereocenters. The van der Waals surface area contributed by atoms with Crippen molar-refractivity contribution in [1.82, 2.24) is 9.78 Å². The highest BCUT2D eigenvalue weighted by molar-refractivity contribution is 6.17. The maximum Gasteiger partial charge on any atom is 0.341 e. The maximum absolute atomic E-state index is 11.7. The van der Waals surface area contributed by atoms with Crippen LogP contribution in [-0.2, 0) is 17.2 Å². The molecule has 2 aromatic rings. The van der Waals surface area contributed by atoms with Gasteiger partial charge >= 0.3 is 5.97 Å². The van der Waals surface area contributed by atoms with E-state index in [4.69, 9.17) is 16.3 Å². The van der Waals surface area contributed by atoms with Gasteiger partial charge in [0, 0.05) is 12.1 Å². The lowest BCUT2D eigenvalue weighted by Gasteiger charge is -2.03. The molecular formula is C15H17ClN2O2. The Morgan fingerprint density at radius 3 is 2.55 bits per heavy atom. The average molecular weight is 293 g/mol. The largest absolute Gasteiger partial charge is 0.462 e. The highest BCUT2D eigenvalue weighted by Crippen LogP contribution is 2.11. The Morgan fingerprint density at radius 1 is 1.30 bits per heavy atom. The summed E-state index contributed by atoms with van der Waals surface area (Å²) in [6, 6.07) is 8.01. The molecular weight excluding hydrogens is 276 g/mol. The third-order valence-electron chi connectivity index (χ3n) is 2.96. The highest BCUT2D eigenvalue weighted by Gasteiger charge is 2.14. The van der Waals surface area contributed by atoms with Crippen LogP contribution in [0.3, 0.4) is 0 Å². The monoisotopic (exact) mass is 292 g/mol. The molecule has 0 saturated carbocycles. The van der Waals surface area contributed by atoms with Gasteiger partial charge in [0.15, 0.2) is 0 Å². The highest BCUT2D eigenvalue weighted by atomic mass is 35.5. The minimum Gasteiger partial charge on any atom is -0.462 e. The number of hydrogen-bond acceptors (Lipinski definition) is 3. The van der Waals surface area contributed by atoms with Crippen molar-refractivity contribution in [3.63, 3.8) is 0 Å². The van der Waals surface area contributed by atoms with Crippen molar-refractivity contribution < 1.29 is 9.53 Å². The molecule has 20 heavy (non-hydrogen) atoms. The standard InChI is InChI=1S/C15H17ClN2O2/c1-3-20-15(19)14-10-18(17-11(14)2)9-13-6-4-12(8-16)5-7-13/h4-7,10H,3,8-9H2,1-2H3. The molecule has 106 valence electrons. The Bertz CT molecular complexity index is 590. The smallest absolute Gasteiger partial charge is 0.341 e. The van der Waals surface area contributed by atoms with Crippen LogP contribution >= 0.6 is 11.6 Å². The number of alkyl halides is 1. The molecule has 0 atom stereocenters. The van der Waals surface area contributed by atoms with Crippen LogP contribution < -0.4 is 0 Å². The second-order valence-electron chi connectivity index (χ2n) is 4.50. The molecule has 0 aliphatic heterocycles. The van der Waals surface area contributed by atoms with Gasteiger partial charge in [-0.25, -0.2) is 4.79 Å². The third kappa shape index (κ3) is 3.39. The van der Waals surface area contributed by atoms with E-state index in [1.165, 1.54) is 0 Å². The fourth-order valence-corrected chi connectivity index (χ4v) is 2.11. The number of rotatable bonds is 5. The molecule has 1 heterocycles. The molecule has 0 spiro atoms. The summed E-state index contributed by atoms with van der Waals surface area (Å²) in [7, 11) is 0. The lowest BCUT2D eigenvalue weighted by Crippen LogP contribution is -2.05. The van der Waals surface area contributed by atoms with Gasteiger partial charge in [0.2, 0.25) is 0 Å². The molecule has 0 amide bonds. The van der Waals surface area contributed by atoms with Crippen LogP contribution in [0, 0.1) is 6.92 Å². The quantitative estimate of drug-likeness (QED) is 0.628. The van der Waals surface area contributed by atoms with E-state index >= 15 is 0 Å². The normalized spacial score (nSPS) is 10.6.